The second-order valence-corrected chi connectivity index (χ2v) is 6.53. The number of rotatable bonds is 8. The fourth-order valence-electron chi connectivity index (χ4n) is 3.17. The molecule has 1 amide bonds. The van der Waals surface area contributed by atoms with E-state index in [0.717, 1.165) is 25.7 Å². The summed E-state index contributed by atoms with van der Waals surface area (Å²) < 4.78 is 0. The minimum atomic E-state index is -0.831. The molecule has 2 aliphatic rings. The van der Waals surface area contributed by atoms with Crippen molar-refractivity contribution in [3.8, 4) is 6.19 Å². The van der Waals surface area contributed by atoms with Crippen molar-refractivity contribution < 1.29 is 20.1 Å². The van der Waals surface area contributed by atoms with E-state index < -0.39 is 12.1 Å². The van der Waals surface area contributed by atoms with Crippen LogP contribution in [0.5, 0.6) is 0 Å². The highest BCUT2D eigenvalue weighted by Gasteiger charge is 2.47. The van der Waals surface area contributed by atoms with Gasteiger partial charge in [0.15, 0.2) is 6.19 Å². The summed E-state index contributed by atoms with van der Waals surface area (Å²) >= 11 is 0. The van der Waals surface area contributed by atoms with Crippen LogP contribution in [0, 0.1) is 16.9 Å². The molecule has 22 heavy (non-hydrogen) atoms. The predicted octanol–water partition coefficient (Wildman–Crippen LogP) is -0.677. The molecule has 0 aromatic heterocycles. The van der Waals surface area contributed by atoms with E-state index in [1.54, 1.807) is 4.90 Å². The van der Waals surface area contributed by atoms with Crippen molar-refractivity contribution in [2.75, 3.05) is 19.8 Å². The molecule has 7 nitrogen and oxygen atoms in total. The zero-order chi connectivity index (χ0) is 16.2. The third kappa shape index (κ3) is 3.88. The molecule has 1 aliphatic carbocycles. The first kappa shape index (κ1) is 17.0. The van der Waals surface area contributed by atoms with Crippen molar-refractivity contribution in [2.24, 2.45) is 5.41 Å². The maximum absolute atomic E-state index is 12.2. The molecule has 1 saturated heterocycles. The largest absolute Gasteiger partial charge is 0.396 e. The lowest BCUT2D eigenvalue weighted by atomic mass is 9.96. The van der Waals surface area contributed by atoms with Crippen LogP contribution in [-0.2, 0) is 4.79 Å². The van der Waals surface area contributed by atoms with Crippen LogP contribution in [0.3, 0.4) is 0 Å². The van der Waals surface area contributed by atoms with Gasteiger partial charge in [-0.25, -0.2) is 0 Å². The molecule has 0 bridgehead atoms. The fourth-order valence-corrected chi connectivity index (χ4v) is 3.17. The van der Waals surface area contributed by atoms with Crippen molar-refractivity contribution >= 4 is 5.91 Å². The first-order chi connectivity index (χ1) is 10.5. The first-order valence-corrected chi connectivity index (χ1v) is 7.91. The van der Waals surface area contributed by atoms with Gasteiger partial charge in [0.25, 0.3) is 0 Å². The van der Waals surface area contributed by atoms with Gasteiger partial charge in [-0.2, -0.15) is 5.26 Å². The van der Waals surface area contributed by atoms with E-state index in [2.05, 4.69) is 11.5 Å². The minimum Gasteiger partial charge on any atom is -0.396 e. The molecule has 2 unspecified atom stereocenters. The van der Waals surface area contributed by atoms with Crippen molar-refractivity contribution in [1.82, 2.24) is 10.2 Å². The minimum absolute atomic E-state index is 0.0263. The number of amides is 1. The van der Waals surface area contributed by atoms with Gasteiger partial charge in [0.1, 0.15) is 6.04 Å². The van der Waals surface area contributed by atoms with Gasteiger partial charge in [0, 0.05) is 19.2 Å². The Bertz CT molecular complexity index is 433. The van der Waals surface area contributed by atoms with Crippen LogP contribution in [0.25, 0.3) is 0 Å². The van der Waals surface area contributed by atoms with Gasteiger partial charge in [0.05, 0.1) is 12.7 Å². The van der Waals surface area contributed by atoms with E-state index in [1.165, 1.54) is 0 Å². The summed E-state index contributed by atoms with van der Waals surface area (Å²) in [5, 5.41) is 39.5. The Balaban J connectivity index is 1.84. The Morgan fingerprint density at radius 1 is 1.41 bits per heavy atom. The molecule has 1 saturated carbocycles. The lowest BCUT2D eigenvalue weighted by Crippen LogP contribution is -2.44. The molecule has 1 aliphatic heterocycles. The van der Waals surface area contributed by atoms with Gasteiger partial charge in [0.2, 0.25) is 5.91 Å². The van der Waals surface area contributed by atoms with Gasteiger partial charge >= 0.3 is 0 Å². The number of hydrogen-bond acceptors (Lipinski definition) is 6. The van der Waals surface area contributed by atoms with E-state index in [1.807, 2.05) is 0 Å². The molecule has 7 heteroatoms. The summed E-state index contributed by atoms with van der Waals surface area (Å²) in [5.41, 5.74) is -0.0314. The molecule has 0 radical (unpaired) electrons. The lowest BCUT2D eigenvalue weighted by Gasteiger charge is -2.26. The van der Waals surface area contributed by atoms with Crippen LogP contribution >= 0.6 is 0 Å². The van der Waals surface area contributed by atoms with E-state index in [9.17, 15) is 20.3 Å². The van der Waals surface area contributed by atoms with Crippen LogP contribution in [0.2, 0.25) is 0 Å². The molecule has 2 fully saturated rings. The van der Waals surface area contributed by atoms with Crippen molar-refractivity contribution in [3.63, 3.8) is 0 Å². The number of aliphatic hydroxyl groups is 3. The molecule has 2 rings (SSSR count). The van der Waals surface area contributed by atoms with Crippen molar-refractivity contribution in [3.05, 3.63) is 0 Å². The summed E-state index contributed by atoms with van der Waals surface area (Å²) in [6.07, 6.45) is 5.77. The zero-order valence-corrected chi connectivity index (χ0v) is 12.7. The Hall–Kier alpha value is -1.36. The number of nitriles is 1. The van der Waals surface area contributed by atoms with Gasteiger partial charge in [-0.15, -0.1) is 0 Å². The van der Waals surface area contributed by atoms with Gasteiger partial charge < -0.3 is 20.6 Å². The topological polar surface area (TPSA) is 117 Å². The Kier molecular flexibility index (Phi) is 5.62. The third-order valence-electron chi connectivity index (χ3n) is 4.87. The summed E-state index contributed by atoms with van der Waals surface area (Å²) in [4.78, 5) is 13.7. The second kappa shape index (κ2) is 7.27. The highest BCUT2D eigenvalue weighted by Crippen LogP contribution is 2.51. The molecule has 0 spiro atoms. The highest BCUT2D eigenvalue weighted by molar-refractivity contribution is 5.82. The molecule has 124 valence electrons. The normalized spacial score (nSPS) is 27.3. The number of nitrogens with one attached hydrogen (secondary N) is 1. The monoisotopic (exact) mass is 311 g/mol. The fraction of sp³-hybridized carbons (Fsp3) is 0.867. The SMILES string of the molecule is N#CN1C(CC2(CO)CC2)CCC1C(=O)NCC[C@H](O)CO. The number of aliphatic hydroxyl groups excluding tert-OH is 3. The van der Waals surface area contributed by atoms with Crippen LogP contribution < -0.4 is 5.32 Å². The third-order valence-corrected chi connectivity index (χ3v) is 4.87. The number of nitrogens with zero attached hydrogens (tertiary/aromatic N) is 2. The van der Waals surface area contributed by atoms with Gasteiger partial charge in [-0.1, -0.05) is 0 Å². The second-order valence-electron chi connectivity index (χ2n) is 6.53. The van der Waals surface area contributed by atoms with E-state index in [-0.39, 0.29) is 37.1 Å². The van der Waals surface area contributed by atoms with Crippen molar-refractivity contribution in [1.29, 1.82) is 5.26 Å². The molecular weight excluding hydrogens is 286 g/mol. The van der Waals surface area contributed by atoms with Gasteiger partial charge in [-0.3, -0.25) is 9.69 Å². The standard InChI is InChI=1S/C15H25N3O4/c16-10-18-11(7-15(9-20)4-5-15)1-2-13(18)14(22)17-6-3-12(21)8-19/h11-13,19-21H,1-9H2,(H,17,22)/t11?,12-,13?/m0/s1. The Labute approximate surface area is 130 Å². The number of carbonyl (C=O) groups is 1. The Morgan fingerprint density at radius 3 is 2.68 bits per heavy atom. The zero-order valence-electron chi connectivity index (χ0n) is 12.7. The maximum atomic E-state index is 12.2. The van der Waals surface area contributed by atoms with Crippen LogP contribution in [-0.4, -0.2) is 64.1 Å². The van der Waals surface area contributed by atoms with E-state index in [0.29, 0.717) is 12.8 Å². The molecule has 3 atom stereocenters. The first-order valence-electron chi connectivity index (χ1n) is 7.91. The molecule has 1 heterocycles. The molecule has 0 aromatic carbocycles. The average Bonchev–Trinajstić information content (AvgIpc) is 3.18. The van der Waals surface area contributed by atoms with Crippen LogP contribution in [0.1, 0.15) is 38.5 Å². The molecule has 4 N–H and O–H groups in total. The lowest BCUT2D eigenvalue weighted by molar-refractivity contribution is -0.125. The summed E-state index contributed by atoms with van der Waals surface area (Å²) in [6.45, 7) is 0.106. The molecule has 0 aromatic rings. The van der Waals surface area contributed by atoms with E-state index >= 15 is 0 Å². The summed E-state index contributed by atoms with van der Waals surface area (Å²) in [6, 6.07) is -0.436. The van der Waals surface area contributed by atoms with Crippen LogP contribution in [0.4, 0.5) is 0 Å². The van der Waals surface area contributed by atoms with Gasteiger partial charge in [-0.05, 0) is 43.9 Å². The Morgan fingerprint density at radius 2 is 2.14 bits per heavy atom. The summed E-state index contributed by atoms with van der Waals surface area (Å²) in [7, 11) is 0. The number of carbonyl (C=O) groups excluding carboxylic acids is 1. The molecular formula is C15H25N3O4. The summed E-state index contributed by atoms with van der Waals surface area (Å²) in [5.74, 6) is -0.206. The number of likely N-dealkylation sites (tertiary alicyclic amines) is 1. The van der Waals surface area contributed by atoms with Crippen molar-refractivity contribution in [2.45, 2.75) is 56.7 Å². The number of hydrogen-bond donors (Lipinski definition) is 4. The predicted molar refractivity (Wildman–Crippen MR) is 78.4 cm³/mol. The van der Waals surface area contributed by atoms with E-state index in [4.69, 9.17) is 5.11 Å². The quantitative estimate of drug-likeness (QED) is 0.441. The highest BCUT2D eigenvalue weighted by atomic mass is 16.3. The smallest absolute Gasteiger partial charge is 0.243 e. The van der Waals surface area contributed by atoms with Crippen LogP contribution in [0.15, 0.2) is 0 Å². The maximum Gasteiger partial charge on any atom is 0.243 e. The average molecular weight is 311 g/mol.